The van der Waals surface area contributed by atoms with Gasteiger partial charge in [-0.3, -0.25) is 0 Å². The molecule has 16 heavy (non-hydrogen) atoms. The average Bonchev–Trinajstić information content (AvgIpc) is 3.09. The second-order valence-electron chi connectivity index (χ2n) is 3.91. The highest BCUT2D eigenvalue weighted by Crippen LogP contribution is 2.24. The molecule has 0 radical (unpaired) electrons. The van der Waals surface area contributed by atoms with Crippen molar-refractivity contribution in [2.75, 3.05) is 27.1 Å². The molecule has 0 amide bonds. The van der Waals surface area contributed by atoms with E-state index in [0.29, 0.717) is 6.61 Å². The number of aliphatic hydroxyl groups excluding tert-OH is 1. The quantitative estimate of drug-likeness (QED) is 0.400. The third kappa shape index (κ3) is 4.50. The summed E-state index contributed by atoms with van der Waals surface area (Å²) in [5.41, 5.74) is -0.610. The summed E-state index contributed by atoms with van der Waals surface area (Å²) in [6.45, 7) is 2.84. The molecule has 0 aromatic rings. The molecular weight excluding hydrogens is 208 g/mol. The normalized spacial score (nSPS) is 24.7. The van der Waals surface area contributed by atoms with E-state index in [1.807, 2.05) is 0 Å². The first-order valence-corrected chi connectivity index (χ1v) is 5.64. The van der Waals surface area contributed by atoms with Crippen molar-refractivity contribution in [1.82, 2.24) is 0 Å². The molecule has 1 aliphatic rings. The Hall–Kier alpha value is -0.600. The van der Waals surface area contributed by atoms with E-state index in [1.54, 1.807) is 7.11 Å². The van der Waals surface area contributed by atoms with Crippen molar-refractivity contribution in [2.24, 2.45) is 0 Å². The van der Waals surface area contributed by atoms with Crippen LogP contribution in [0.25, 0.3) is 0 Å². The van der Waals surface area contributed by atoms with Crippen LogP contribution in [0.15, 0.2) is 0 Å². The van der Waals surface area contributed by atoms with Gasteiger partial charge in [0.15, 0.2) is 5.60 Å². The highest BCUT2D eigenvalue weighted by molar-refractivity contribution is 5.23. The van der Waals surface area contributed by atoms with E-state index in [4.69, 9.17) is 19.3 Å². The number of epoxide rings is 1. The summed E-state index contributed by atoms with van der Waals surface area (Å²) in [6, 6.07) is 0. The van der Waals surface area contributed by atoms with Crippen LogP contribution in [0.3, 0.4) is 0 Å². The molecule has 2 atom stereocenters. The van der Waals surface area contributed by atoms with Gasteiger partial charge in [0, 0.05) is 7.11 Å². The van der Waals surface area contributed by atoms with E-state index in [0.717, 1.165) is 19.3 Å². The lowest BCUT2D eigenvalue weighted by molar-refractivity contribution is -0.0548. The van der Waals surface area contributed by atoms with Crippen LogP contribution in [-0.4, -0.2) is 43.9 Å². The van der Waals surface area contributed by atoms with E-state index in [1.165, 1.54) is 0 Å². The van der Waals surface area contributed by atoms with Crippen LogP contribution in [0.5, 0.6) is 0 Å². The van der Waals surface area contributed by atoms with E-state index < -0.39 is 5.60 Å². The molecule has 92 valence electrons. The minimum atomic E-state index is -0.610. The van der Waals surface area contributed by atoms with Gasteiger partial charge in [0.05, 0.1) is 13.2 Å². The molecule has 0 bridgehead atoms. The number of aliphatic hydroxyl groups is 1. The summed E-state index contributed by atoms with van der Waals surface area (Å²) >= 11 is 0. The zero-order valence-corrected chi connectivity index (χ0v) is 9.99. The predicted molar refractivity (Wildman–Crippen MR) is 59.8 cm³/mol. The van der Waals surface area contributed by atoms with Gasteiger partial charge in [-0.25, -0.2) is 0 Å². The average molecular weight is 228 g/mol. The molecule has 1 fully saturated rings. The third-order valence-corrected chi connectivity index (χ3v) is 2.42. The number of methoxy groups -OCH3 is 1. The molecule has 1 heterocycles. The van der Waals surface area contributed by atoms with Crippen molar-refractivity contribution in [3.8, 4) is 11.8 Å². The molecule has 0 unspecified atom stereocenters. The molecule has 0 aliphatic carbocycles. The second-order valence-corrected chi connectivity index (χ2v) is 3.91. The third-order valence-electron chi connectivity index (χ3n) is 2.42. The summed E-state index contributed by atoms with van der Waals surface area (Å²) in [7, 11) is 1.59. The highest BCUT2D eigenvalue weighted by atomic mass is 16.7. The lowest BCUT2D eigenvalue weighted by atomic mass is 10.1. The lowest BCUT2D eigenvalue weighted by Gasteiger charge is -2.10. The highest BCUT2D eigenvalue weighted by Gasteiger charge is 2.42. The smallest absolute Gasteiger partial charge is 0.174 e. The molecule has 0 spiro atoms. The standard InChI is InChI=1S/C12H20O4/c1-3-4-5-11(15-10-14-2)6-7-12(8-13)9-16-12/h11,13H,3-5,8-10H2,1-2H3/t11-,12+/m0/s1. The van der Waals surface area contributed by atoms with Crippen molar-refractivity contribution >= 4 is 0 Å². The predicted octanol–water partition coefficient (Wildman–Crippen LogP) is 0.930. The number of unbranched alkanes of at least 4 members (excludes halogenated alkanes) is 1. The monoisotopic (exact) mass is 228 g/mol. The van der Waals surface area contributed by atoms with Gasteiger partial charge in [0.2, 0.25) is 0 Å². The Morgan fingerprint density at radius 1 is 1.56 bits per heavy atom. The van der Waals surface area contributed by atoms with Crippen LogP contribution >= 0.6 is 0 Å². The van der Waals surface area contributed by atoms with E-state index in [-0.39, 0.29) is 19.5 Å². The van der Waals surface area contributed by atoms with Crippen molar-refractivity contribution in [2.45, 2.75) is 37.9 Å². The number of ether oxygens (including phenoxy) is 3. The van der Waals surface area contributed by atoms with Gasteiger partial charge in [-0.2, -0.15) is 0 Å². The minimum absolute atomic E-state index is 0.0508. The Morgan fingerprint density at radius 2 is 2.31 bits per heavy atom. The van der Waals surface area contributed by atoms with Crippen molar-refractivity contribution in [1.29, 1.82) is 0 Å². The summed E-state index contributed by atoms with van der Waals surface area (Å²) < 4.78 is 15.4. The maximum atomic E-state index is 9.03. The van der Waals surface area contributed by atoms with Crippen LogP contribution in [0.2, 0.25) is 0 Å². The van der Waals surface area contributed by atoms with Gasteiger partial charge in [-0.1, -0.05) is 31.6 Å². The van der Waals surface area contributed by atoms with E-state index in [9.17, 15) is 0 Å². The molecule has 1 aliphatic heterocycles. The fourth-order valence-corrected chi connectivity index (χ4v) is 1.24. The van der Waals surface area contributed by atoms with E-state index >= 15 is 0 Å². The maximum Gasteiger partial charge on any atom is 0.174 e. The Balaban J connectivity index is 2.41. The van der Waals surface area contributed by atoms with Crippen LogP contribution in [0, 0.1) is 11.8 Å². The van der Waals surface area contributed by atoms with E-state index in [2.05, 4.69) is 18.8 Å². The van der Waals surface area contributed by atoms with Gasteiger partial charge in [0.25, 0.3) is 0 Å². The minimum Gasteiger partial charge on any atom is -0.392 e. The van der Waals surface area contributed by atoms with Crippen LogP contribution in [0.1, 0.15) is 26.2 Å². The van der Waals surface area contributed by atoms with Gasteiger partial charge < -0.3 is 19.3 Å². The second kappa shape index (κ2) is 6.87. The van der Waals surface area contributed by atoms with Crippen molar-refractivity contribution in [3.63, 3.8) is 0 Å². The zero-order valence-electron chi connectivity index (χ0n) is 9.99. The molecule has 0 saturated carbocycles. The van der Waals surface area contributed by atoms with Gasteiger partial charge in [-0.15, -0.1) is 0 Å². The zero-order chi connectivity index (χ0) is 11.9. The molecule has 4 heteroatoms. The molecule has 1 N–H and O–H groups in total. The Labute approximate surface area is 96.9 Å². The first kappa shape index (κ1) is 13.5. The molecule has 0 aromatic heterocycles. The van der Waals surface area contributed by atoms with Crippen molar-refractivity contribution in [3.05, 3.63) is 0 Å². The van der Waals surface area contributed by atoms with Crippen LogP contribution in [-0.2, 0) is 14.2 Å². The molecule has 4 nitrogen and oxygen atoms in total. The molecule has 0 aromatic carbocycles. The lowest BCUT2D eigenvalue weighted by Crippen LogP contribution is -2.17. The Morgan fingerprint density at radius 3 is 2.81 bits per heavy atom. The Kier molecular flexibility index (Phi) is 5.78. The largest absolute Gasteiger partial charge is 0.392 e. The summed E-state index contributed by atoms with van der Waals surface area (Å²) in [6.07, 6.45) is 2.92. The molecular formula is C12H20O4. The van der Waals surface area contributed by atoms with Crippen LogP contribution in [0.4, 0.5) is 0 Å². The fraction of sp³-hybridized carbons (Fsp3) is 0.833. The SMILES string of the molecule is CCCC[C@@H](C#C[C@@]1(CO)CO1)OCOC. The maximum absolute atomic E-state index is 9.03. The summed E-state index contributed by atoms with van der Waals surface area (Å²) in [4.78, 5) is 0. The first-order valence-electron chi connectivity index (χ1n) is 5.64. The summed E-state index contributed by atoms with van der Waals surface area (Å²) in [5.74, 6) is 5.94. The van der Waals surface area contributed by atoms with Gasteiger partial charge in [0.1, 0.15) is 12.9 Å². The Bertz CT molecular complexity index is 241. The summed E-state index contributed by atoms with van der Waals surface area (Å²) in [5, 5.41) is 9.03. The van der Waals surface area contributed by atoms with Crippen molar-refractivity contribution < 1.29 is 19.3 Å². The van der Waals surface area contributed by atoms with Gasteiger partial charge >= 0.3 is 0 Å². The topological polar surface area (TPSA) is 51.2 Å². The number of hydrogen-bond acceptors (Lipinski definition) is 4. The van der Waals surface area contributed by atoms with Crippen LogP contribution < -0.4 is 0 Å². The number of hydrogen-bond donors (Lipinski definition) is 1. The van der Waals surface area contributed by atoms with Gasteiger partial charge in [-0.05, 0) is 6.42 Å². The fourth-order valence-electron chi connectivity index (χ4n) is 1.24. The molecule has 1 saturated heterocycles. The molecule has 1 rings (SSSR count). The first-order chi connectivity index (χ1) is 7.76. The number of rotatable bonds is 7.